The van der Waals surface area contributed by atoms with Crippen LogP contribution >= 0.6 is 11.8 Å². The first-order valence-corrected chi connectivity index (χ1v) is 10.6. The number of amidine groups is 2. The zero-order valence-electron chi connectivity index (χ0n) is 16.3. The van der Waals surface area contributed by atoms with Gasteiger partial charge in [0.2, 0.25) is 5.91 Å². The molecular formula is C22H22N4O2S. The number of nitrogens with zero attached hydrogens (tertiary/aromatic N) is 3. The third kappa shape index (κ3) is 4.10. The number of anilines is 1. The van der Waals surface area contributed by atoms with Crippen molar-refractivity contribution in [2.45, 2.75) is 26.3 Å². The summed E-state index contributed by atoms with van der Waals surface area (Å²) in [4.78, 5) is 36.4. The highest BCUT2D eigenvalue weighted by Crippen LogP contribution is 2.34. The average molecular weight is 407 g/mol. The molecule has 29 heavy (non-hydrogen) atoms. The van der Waals surface area contributed by atoms with Crippen molar-refractivity contribution in [3.63, 3.8) is 0 Å². The van der Waals surface area contributed by atoms with Crippen molar-refractivity contribution in [1.82, 2.24) is 4.90 Å². The Kier molecular flexibility index (Phi) is 5.49. The number of aliphatic imine (C=N–C) groups is 2. The molecule has 6 nitrogen and oxygen atoms in total. The molecule has 7 heteroatoms. The molecule has 2 aliphatic rings. The predicted molar refractivity (Wildman–Crippen MR) is 118 cm³/mol. The van der Waals surface area contributed by atoms with Gasteiger partial charge in [0.15, 0.2) is 5.17 Å². The zero-order valence-corrected chi connectivity index (χ0v) is 17.1. The van der Waals surface area contributed by atoms with Crippen LogP contribution in [0, 0.1) is 5.92 Å². The number of hydrogen-bond acceptors (Lipinski definition) is 5. The summed E-state index contributed by atoms with van der Waals surface area (Å²) in [5.74, 6) is 0.929. The van der Waals surface area contributed by atoms with Gasteiger partial charge in [0.1, 0.15) is 11.9 Å². The summed E-state index contributed by atoms with van der Waals surface area (Å²) in [7, 11) is 0. The highest BCUT2D eigenvalue weighted by molar-refractivity contribution is 8.14. The van der Waals surface area contributed by atoms with Crippen LogP contribution in [-0.4, -0.2) is 39.5 Å². The maximum absolute atomic E-state index is 13.0. The number of carbonyl (C=O) groups is 2. The minimum absolute atomic E-state index is 0.0714. The van der Waals surface area contributed by atoms with Gasteiger partial charge in [-0.1, -0.05) is 55.9 Å². The molecule has 0 saturated heterocycles. The smallest absolute Gasteiger partial charge is 0.259 e. The fraction of sp³-hybridized carbons (Fsp3) is 0.273. The van der Waals surface area contributed by atoms with E-state index < -0.39 is 6.04 Å². The molecule has 2 aliphatic heterocycles. The van der Waals surface area contributed by atoms with Gasteiger partial charge in [-0.2, -0.15) is 0 Å². The summed E-state index contributed by atoms with van der Waals surface area (Å²) in [5, 5.41) is 3.36. The number of hydrogen-bond donors (Lipinski definition) is 1. The number of rotatable bonds is 5. The number of para-hydroxylation sites is 2. The third-order valence-electron chi connectivity index (χ3n) is 4.63. The van der Waals surface area contributed by atoms with Crippen LogP contribution in [-0.2, 0) is 9.59 Å². The Hall–Kier alpha value is -2.93. The van der Waals surface area contributed by atoms with E-state index in [1.165, 1.54) is 11.8 Å². The predicted octanol–water partition coefficient (Wildman–Crippen LogP) is 4.06. The first-order chi connectivity index (χ1) is 14.0. The molecule has 2 aromatic carbocycles. The summed E-state index contributed by atoms with van der Waals surface area (Å²) in [6.07, 6.45) is 0.688. The summed E-state index contributed by atoms with van der Waals surface area (Å²) in [6.45, 7) is 4.16. The lowest BCUT2D eigenvalue weighted by Gasteiger charge is -2.25. The van der Waals surface area contributed by atoms with Crippen molar-refractivity contribution in [3.05, 3.63) is 60.2 Å². The summed E-state index contributed by atoms with van der Waals surface area (Å²) in [6, 6.07) is 16.6. The number of fused-ring (bicyclic) bond motifs is 3. The van der Waals surface area contributed by atoms with Crippen molar-refractivity contribution in [2.75, 3.05) is 11.1 Å². The lowest BCUT2D eigenvalue weighted by Crippen LogP contribution is -2.41. The van der Waals surface area contributed by atoms with Crippen molar-refractivity contribution in [2.24, 2.45) is 15.9 Å². The van der Waals surface area contributed by atoms with Crippen LogP contribution in [0.5, 0.6) is 0 Å². The molecule has 0 aliphatic carbocycles. The normalized spacial score (nSPS) is 17.6. The van der Waals surface area contributed by atoms with Gasteiger partial charge in [-0.3, -0.25) is 14.6 Å². The minimum Gasteiger partial charge on any atom is -0.325 e. The van der Waals surface area contributed by atoms with E-state index in [0.717, 1.165) is 16.9 Å². The molecule has 0 aromatic heterocycles. The molecule has 0 unspecified atom stereocenters. The quantitative estimate of drug-likeness (QED) is 0.814. The molecule has 0 bridgehead atoms. The Morgan fingerprint density at radius 2 is 1.86 bits per heavy atom. The molecule has 0 spiro atoms. The molecule has 0 fully saturated rings. The Morgan fingerprint density at radius 3 is 2.62 bits per heavy atom. The fourth-order valence-corrected chi connectivity index (χ4v) is 4.15. The Balaban J connectivity index is 1.55. The van der Waals surface area contributed by atoms with Crippen LogP contribution in [0.1, 0.15) is 25.8 Å². The van der Waals surface area contributed by atoms with Gasteiger partial charge in [-0.15, -0.1) is 0 Å². The molecule has 148 valence electrons. The largest absolute Gasteiger partial charge is 0.325 e. The zero-order chi connectivity index (χ0) is 20.4. The number of benzene rings is 2. The van der Waals surface area contributed by atoms with Crippen LogP contribution in [0.3, 0.4) is 0 Å². The van der Waals surface area contributed by atoms with E-state index in [9.17, 15) is 9.59 Å². The molecule has 4 rings (SSSR count). The standard InChI is InChI=1S/C22H22N4O2S/c1-14(2)12-18-21(28)26-20(24-18)16-10-6-7-11-17(16)25-22(26)29-13-19(27)23-15-8-4-3-5-9-15/h3-11,14,18H,12-13H2,1-2H3,(H,23,27)/t18-/m1/s1. The van der Waals surface area contributed by atoms with Gasteiger partial charge in [-0.05, 0) is 36.6 Å². The maximum atomic E-state index is 13.0. The van der Waals surface area contributed by atoms with Crippen molar-refractivity contribution >= 4 is 46.0 Å². The van der Waals surface area contributed by atoms with E-state index in [0.29, 0.717) is 23.3 Å². The SMILES string of the molecule is CC(C)C[C@H]1N=C2c3ccccc3N=C(SCC(=O)Nc3ccccc3)N2C1=O. The molecule has 2 heterocycles. The van der Waals surface area contributed by atoms with E-state index in [-0.39, 0.29) is 17.6 Å². The number of carbonyl (C=O) groups excluding carboxylic acids is 2. The molecule has 1 atom stereocenters. The van der Waals surface area contributed by atoms with Gasteiger partial charge >= 0.3 is 0 Å². The topological polar surface area (TPSA) is 74.1 Å². The highest BCUT2D eigenvalue weighted by Gasteiger charge is 2.41. The van der Waals surface area contributed by atoms with Crippen LogP contribution in [0.4, 0.5) is 11.4 Å². The van der Waals surface area contributed by atoms with Crippen molar-refractivity contribution in [1.29, 1.82) is 0 Å². The van der Waals surface area contributed by atoms with Gasteiger partial charge in [-0.25, -0.2) is 9.89 Å². The van der Waals surface area contributed by atoms with E-state index in [1.807, 2.05) is 54.6 Å². The monoisotopic (exact) mass is 406 g/mol. The second-order valence-corrected chi connectivity index (χ2v) is 8.33. The Labute approximate surface area is 174 Å². The van der Waals surface area contributed by atoms with Gasteiger partial charge in [0.25, 0.3) is 5.91 Å². The van der Waals surface area contributed by atoms with E-state index in [2.05, 4.69) is 24.2 Å². The van der Waals surface area contributed by atoms with Gasteiger partial charge in [0, 0.05) is 11.3 Å². The summed E-state index contributed by atoms with van der Waals surface area (Å²) >= 11 is 1.25. The molecule has 0 radical (unpaired) electrons. The third-order valence-corrected chi connectivity index (χ3v) is 5.57. The second kappa shape index (κ2) is 8.21. The molecule has 0 saturated carbocycles. The number of amides is 2. The maximum Gasteiger partial charge on any atom is 0.259 e. The van der Waals surface area contributed by atoms with Crippen LogP contribution in [0.2, 0.25) is 0 Å². The first kappa shape index (κ1) is 19.4. The highest BCUT2D eigenvalue weighted by atomic mass is 32.2. The van der Waals surface area contributed by atoms with Crippen molar-refractivity contribution < 1.29 is 9.59 Å². The van der Waals surface area contributed by atoms with E-state index in [4.69, 9.17) is 4.99 Å². The molecule has 2 amide bonds. The number of thioether (sulfide) groups is 1. The molecular weight excluding hydrogens is 384 g/mol. The van der Waals surface area contributed by atoms with Gasteiger partial charge in [0.05, 0.1) is 11.4 Å². The fourth-order valence-electron chi connectivity index (χ4n) is 3.35. The Morgan fingerprint density at radius 1 is 1.14 bits per heavy atom. The lowest BCUT2D eigenvalue weighted by molar-refractivity contribution is -0.125. The van der Waals surface area contributed by atoms with Gasteiger partial charge < -0.3 is 5.32 Å². The van der Waals surface area contributed by atoms with Crippen LogP contribution in [0.15, 0.2) is 64.6 Å². The summed E-state index contributed by atoms with van der Waals surface area (Å²) in [5.41, 5.74) is 2.36. The Bertz CT molecular complexity index is 1000. The molecule has 1 N–H and O–H groups in total. The summed E-state index contributed by atoms with van der Waals surface area (Å²) < 4.78 is 0. The van der Waals surface area contributed by atoms with E-state index >= 15 is 0 Å². The lowest BCUT2D eigenvalue weighted by atomic mass is 10.0. The van der Waals surface area contributed by atoms with E-state index in [1.54, 1.807) is 4.90 Å². The first-order valence-electron chi connectivity index (χ1n) is 9.60. The van der Waals surface area contributed by atoms with Crippen molar-refractivity contribution in [3.8, 4) is 0 Å². The average Bonchev–Trinajstić information content (AvgIpc) is 3.03. The van der Waals surface area contributed by atoms with Crippen LogP contribution < -0.4 is 5.32 Å². The number of nitrogens with one attached hydrogen (secondary N) is 1. The second-order valence-electron chi connectivity index (χ2n) is 7.39. The molecule has 2 aromatic rings. The minimum atomic E-state index is -0.403. The van der Waals surface area contributed by atoms with Crippen LogP contribution in [0.25, 0.3) is 0 Å².